The molecule has 0 radical (unpaired) electrons. The molecule has 0 aliphatic rings. The van der Waals surface area contributed by atoms with Gasteiger partial charge in [-0.25, -0.2) is 9.78 Å². The molecular formula is C16H22N4O2S. The van der Waals surface area contributed by atoms with E-state index in [1.807, 2.05) is 40.7 Å². The van der Waals surface area contributed by atoms with Crippen molar-refractivity contribution < 1.29 is 4.79 Å². The van der Waals surface area contributed by atoms with Crippen molar-refractivity contribution in [3.63, 3.8) is 0 Å². The van der Waals surface area contributed by atoms with Gasteiger partial charge >= 0.3 is 6.03 Å². The molecule has 7 heteroatoms. The first-order valence-corrected chi connectivity index (χ1v) is 8.27. The SMILES string of the molecule is Cc1cc(C)c(CNC(=O)N[C@@H](C)c2sc(C)nc2C)c(=O)[nH]1. The number of H-pyrrole nitrogens is 1. The Morgan fingerprint density at radius 1 is 1.35 bits per heavy atom. The second kappa shape index (κ2) is 6.95. The maximum Gasteiger partial charge on any atom is 0.315 e. The van der Waals surface area contributed by atoms with Crippen LogP contribution in [0.5, 0.6) is 0 Å². The standard InChI is InChI=1S/C16H22N4O2S/c1-8-6-9(2)18-15(21)13(8)7-17-16(22)20-11(4)14-10(3)19-12(5)23-14/h6,11H,7H2,1-5H3,(H,18,21)(H2,17,20,22)/t11-/m0/s1. The van der Waals surface area contributed by atoms with E-state index in [0.29, 0.717) is 5.56 Å². The van der Waals surface area contributed by atoms with E-state index in [1.54, 1.807) is 11.3 Å². The highest BCUT2D eigenvalue weighted by Crippen LogP contribution is 2.24. The number of carbonyl (C=O) groups is 1. The van der Waals surface area contributed by atoms with E-state index in [0.717, 1.165) is 26.8 Å². The number of nitrogens with zero attached hydrogens (tertiary/aromatic N) is 1. The second-order valence-corrected chi connectivity index (χ2v) is 6.91. The van der Waals surface area contributed by atoms with Gasteiger partial charge in [-0.1, -0.05) is 0 Å². The molecule has 0 aromatic carbocycles. The number of aromatic nitrogens is 2. The Morgan fingerprint density at radius 3 is 2.61 bits per heavy atom. The summed E-state index contributed by atoms with van der Waals surface area (Å²) in [6.45, 7) is 9.69. The first-order valence-electron chi connectivity index (χ1n) is 7.45. The predicted molar refractivity (Wildman–Crippen MR) is 91.9 cm³/mol. The molecule has 0 unspecified atom stereocenters. The Labute approximate surface area is 139 Å². The number of aryl methyl sites for hydroxylation is 4. The summed E-state index contributed by atoms with van der Waals surface area (Å²) in [4.78, 5) is 32.1. The van der Waals surface area contributed by atoms with Crippen LogP contribution in [-0.2, 0) is 6.54 Å². The van der Waals surface area contributed by atoms with Gasteiger partial charge in [0, 0.05) is 16.1 Å². The van der Waals surface area contributed by atoms with Crippen molar-refractivity contribution in [1.82, 2.24) is 20.6 Å². The highest BCUT2D eigenvalue weighted by molar-refractivity contribution is 7.11. The van der Waals surface area contributed by atoms with Gasteiger partial charge in [0.1, 0.15) is 0 Å². The molecule has 6 nitrogen and oxygen atoms in total. The molecule has 1 atom stereocenters. The molecule has 0 aliphatic heterocycles. The van der Waals surface area contributed by atoms with Crippen molar-refractivity contribution in [3.05, 3.63) is 48.8 Å². The first-order chi connectivity index (χ1) is 10.8. The van der Waals surface area contributed by atoms with E-state index < -0.39 is 0 Å². The Kier molecular flexibility index (Phi) is 5.20. The van der Waals surface area contributed by atoms with Crippen LogP contribution in [0.2, 0.25) is 0 Å². The number of amides is 2. The lowest BCUT2D eigenvalue weighted by molar-refractivity contribution is 0.237. The van der Waals surface area contributed by atoms with Crippen molar-refractivity contribution in [2.24, 2.45) is 0 Å². The van der Waals surface area contributed by atoms with Crippen molar-refractivity contribution in [2.45, 2.75) is 47.2 Å². The van der Waals surface area contributed by atoms with E-state index in [2.05, 4.69) is 20.6 Å². The van der Waals surface area contributed by atoms with Gasteiger partial charge in [0.05, 0.1) is 23.3 Å². The molecule has 2 aromatic heterocycles. The summed E-state index contributed by atoms with van der Waals surface area (Å²) in [6, 6.07) is 1.46. The Bertz CT molecular complexity index is 779. The quantitative estimate of drug-likeness (QED) is 0.803. The van der Waals surface area contributed by atoms with Crippen LogP contribution in [0.25, 0.3) is 0 Å². The van der Waals surface area contributed by atoms with Crippen LogP contribution in [0.3, 0.4) is 0 Å². The van der Waals surface area contributed by atoms with Crippen LogP contribution in [0, 0.1) is 27.7 Å². The average molecular weight is 334 g/mol. The van der Waals surface area contributed by atoms with E-state index in [4.69, 9.17) is 0 Å². The fraction of sp³-hybridized carbons (Fsp3) is 0.438. The molecule has 0 bridgehead atoms. The number of pyridine rings is 1. The van der Waals surface area contributed by atoms with Crippen LogP contribution in [0.4, 0.5) is 4.79 Å². The van der Waals surface area contributed by atoms with Gasteiger partial charge in [0.15, 0.2) is 0 Å². The van der Waals surface area contributed by atoms with Crippen molar-refractivity contribution in [1.29, 1.82) is 0 Å². The van der Waals surface area contributed by atoms with Crippen molar-refractivity contribution >= 4 is 17.4 Å². The van der Waals surface area contributed by atoms with Crippen LogP contribution in [0.15, 0.2) is 10.9 Å². The molecule has 0 saturated carbocycles. The van der Waals surface area contributed by atoms with E-state index >= 15 is 0 Å². The molecule has 2 rings (SSSR count). The number of urea groups is 1. The van der Waals surface area contributed by atoms with Crippen molar-refractivity contribution in [2.75, 3.05) is 0 Å². The van der Waals surface area contributed by atoms with Gasteiger partial charge in [0.25, 0.3) is 5.56 Å². The summed E-state index contributed by atoms with van der Waals surface area (Å²) in [5.74, 6) is 0. The molecule has 0 spiro atoms. The molecule has 0 fully saturated rings. The zero-order valence-electron chi connectivity index (χ0n) is 14.0. The molecule has 2 heterocycles. The predicted octanol–water partition coefficient (Wildman–Crippen LogP) is 2.63. The summed E-state index contributed by atoms with van der Waals surface area (Å²) in [5, 5.41) is 6.60. The lowest BCUT2D eigenvalue weighted by atomic mass is 10.1. The monoisotopic (exact) mass is 334 g/mol. The highest BCUT2D eigenvalue weighted by Gasteiger charge is 2.15. The lowest BCUT2D eigenvalue weighted by Gasteiger charge is -2.14. The zero-order valence-corrected chi connectivity index (χ0v) is 14.9. The Hall–Kier alpha value is -2.15. The number of hydrogen-bond donors (Lipinski definition) is 3. The van der Waals surface area contributed by atoms with Crippen LogP contribution >= 0.6 is 11.3 Å². The minimum Gasteiger partial charge on any atom is -0.334 e. The number of hydrogen-bond acceptors (Lipinski definition) is 4. The fourth-order valence-corrected chi connectivity index (χ4v) is 3.46. The normalized spacial score (nSPS) is 12.0. The minimum atomic E-state index is -0.303. The molecule has 0 saturated heterocycles. The lowest BCUT2D eigenvalue weighted by Crippen LogP contribution is -2.38. The van der Waals surface area contributed by atoms with E-state index in [9.17, 15) is 9.59 Å². The molecular weight excluding hydrogens is 312 g/mol. The third-order valence-electron chi connectivity index (χ3n) is 3.60. The number of thiazole rings is 1. The topological polar surface area (TPSA) is 86.9 Å². The third kappa shape index (κ3) is 4.19. The third-order valence-corrected chi connectivity index (χ3v) is 4.86. The number of aromatic amines is 1. The molecule has 2 aromatic rings. The molecule has 0 aliphatic carbocycles. The van der Waals surface area contributed by atoms with Gasteiger partial charge < -0.3 is 15.6 Å². The Balaban J connectivity index is 1.98. The maximum atomic E-state index is 12.1. The summed E-state index contributed by atoms with van der Waals surface area (Å²) >= 11 is 1.58. The minimum absolute atomic E-state index is 0.126. The van der Waals surface area contributed by atoms with E-state index in [-0.39, 0.29) is 24.2 Å². The highest BCUT2D eigenvalue weighted by atomic mass is 32.1. The summed E-state index contributed by atoms with van der Waals surface area (Å²) in [6.07, 6.45) is 0. The maximum absolute atomic E-state index is 12.1. The van der Waals surface area contributed by atoms with Gasteiger partial charge in [-0.15, -0.1) is 11.3 Å². The summed E-state index contributed by atoms with van der Waals surface area (Å²) in [5.41, 5.74) is 3.03. The molecule has 23 heavy (non-hydrogen) atoms. The van der Waals surface area contributed by atoms with E-state index in [1.165, 1.54) is 0 Å². The van der Waals surface area contributed by atoms with Crippen LogP contribution in [-0.4, -0.2) is 16.0 Å². The number of rotatable bonds is 4. The van der Waals surface area contributed by atoms with Crippen molar-refractivity contribution in [3.8, 4) is 0 Å². The largest absolute Gasteiger partial charge is 0.334 e. The number of carbonyl (C=O) groups excluding carboxylic acids is 1. The van der Waals surface area contributed by atoms with Crippen LogP contribution in [0.1, 0.15) is 45.4 Å². The van der Waals surface area contributed by atoms with Crippen LogP contribution < -0.4 is 16.2 Å². The second-order valence-electron chi connectivity index (χ2n) is 5.67. The fourth-order valence-electron chi connectivity index (χ4n) is 2.53. The van der Waals surface area contributed by atoms with Gasteiger partial charge in [0.2, 0.25) is 0 Å². The molecule has 2 amide bonds. The van der Waals surface area contributed by atoms with Gasteiger partial charge in [-0.3, -0.25) is 4.79 Å². The first kappa shape index (κ1) is 17.2. The number of nitrogens with one attached hydrogen (secondary N) is 3. The molecule has 3 N–H and O–H groups in total. The van der Waals surface area contributed by atoms with Gasteiger partial charge in [-0.05, 0) is 46.2 Å². The smallest absolute Gasteiger partial charge is 0.315 e. The summed E-state index contributed by atoms with van der Waals surface area (Å²) in [7, 11) is 0. The Morgan fingerprint density at radius 2 is 2.04 bits per heavy atom. The summed E-state index contributed by atoms with van der Waals surface area (Å²) < 4.78 is 0. The molecule has 124 valence electrons. The zero-order chi connectivity index (χ0) is 17.1. The average Bonchev–Trinajstić information content (AvgIpc) is 2.76. The van der Waals surface area contributed by atoms with Gasteiger partial charge in [-0.2, -0.15) is 0 Å².